The van der Waals surface area contributed by atoms with Crippen LogP contribution in [0.3, 0.4) is 0 Å². The Bertz CT molecular complexity index is 571. The van der Waals surface area contributed by atoms with Gasteiger partial charge in [-0.25, -0.2) is 4.79 Å². The number of nitrogens with zero attached hydrogens (tertiary/aromatic N) is 1. The third-order valence-corrected chi connectivity index (χ3v) is 4.48. The van der Waals surface area contributed by atoms with Gasteiger partial charge >= 0.3 is 5.97 Å². The average molecular weight is 277 g/mol. The van der Waals surface area contributed by atoms with Crippen molar-refractivity contribution in [1.82, 2.24) is 4.57 Å². The fourth-order valence-electron chi connectivity index (χ4n) is 3.43. The van der Waals surface area contributed by atoms with Crippen molar-refractivity contribution in [3.05, 3.63) is 34.2 Å². The molecule has 1 saturated carbocycles. The van der Waals surface area contributed by atoms with Gasteiger partial charge in [0.15, 0.2) is 0 Å². The molecule has 108 valence electrons. The predicted molar refractivity (Wildman–Crippen MR) is 73.0 cm³/mol. The topological polar surface area (TPSA) is 68.5 Å². The fourth-order valence-corrected chi connectivity index (χ4v) is 3.43. The number of pyridine rings is 1. The molecule has 1 aromatic heterocycles. The van der Waals surface area contributed by atoms with Crippen LogP contribution in [-0.4, -0.2) is 27.3 Å². The van der Waals surface area contributed by atoms with Crippen molar-refractivity contribution in [2.24, 2.45) is 0 Å². The molecule has 1 aromatic rings. The molecule has 20 heavy (non-hydrogen) atoms. The molecule has 1 aliphatic carbocycles. The standard InChI is InChI=1S/C15H19NO4/c17-13-4-3-11(14(18)19)9-16(13)10-12-5-8-15(20-12)6-1-2-7-15/h3-4,9,12H,1-2,5-8,10H2,(H,18,19). The molecule has 1 atom stereocenters. The van der Waals surface area contributed by atoms with Crippen molar-refractivity contribution in [2.75, 3.05) is 0 Å². The monoisotopic (exact) mass is 277 g/mol. The van der Waals surface area contributed by atoms with Crippen LogP contribution in [-0.2, 0) is 11.3 Å². The quantitative estimate of drug-likeness (QED) is 0.918. The molecule has 0 radical (unpaired) electrons. The summed E-state index contributed by atoms with van der Waals surface area (Å²) in [4.78, 5) is 22.8. The van der Waals surface area contributed by atoms with Crippen molar-refractivity contribution in [2.45, 2.75) is 56.8 Å². The first-order valence-corrected chi connectivity index (χ1v) is 7.20. The molecule has 0 bridgehead atoms. The summed E-state index contributed by atoms with van der Waals surface area (Å²) < 4.78 is 7.62. The molecule has 1 N–H and O–H groups in total. The Hall–Kier alpha value is -1.62. The lowest BCUT2D eigenvalue weighted by Crippen LogP contribution is -2.30. The molecule has 1 spiro atoms. The molecule has 3 rings (SSSR count). The van der Waals surface area contributed by atoms with Crippen molar-refractivity contribution in [1.29, 1.82) is 0 Å². The zero-order valence-corrected chi connectivity index (χ0v) is 11.4. The first-order chi connectivity index (χ1) is 9.58. The number of carboxylic acids is 1. The van der Waals surface area contributed by atoms with Gasteiger partial charge in [0.2, 0.25) is 0 Å². The summed E-state index contributed by atoms with van der Waals surface area (Å²) in [5, 5.41) is 8.98. The maximum absolute atomic E-state index is 11.8. The van der Waals surface area contributed by atoms with Crippen molar-refractivity contribution in [3.8, 4) is 0 Å². The summed E-state index contributed by atoms with van der Waals surface area (Å²) in [6.07, 6.45) is 8.13. The van der Waals surface area contributed by atoms with E-state index in [-0.39, 0.29) is 22.8 Å². The Morgan fingerprint density at radius 1 is 1.35 bits per heavy atom. The number of hydrogen-bond acceptors (Lipinski definition) is 3. The highest BCUT2D eigenvalue weighted by Gasteiger charge is 2.42. The normalized spacial score (nSPS) is 24.3. The summed E-state index contributed by atoms with van der Waals surface area (Å²) in [5.74, 6) is -1.02. The maximum atomic E-state index is 11.8. The molecule has 1 unspecified atom stereocenters. The Kier molecular flexibility index (Phi) is 3.38. The molecule has 5 heteroatoms. The summed E-state index contributed by atoms with van der Waals surface area (Å²) >= 11 is 0. The Morgan fingerprint density at radius 2 is 2.10 bits per heavy atom. The zero-order chi connectivity index (χ0) is 14.2. The second kappa shape index (κ2) is 5.05. The Balaban J connectivity index is 1.74. The van der Waals surface area contributed by atoms with E-state index in [0.717, 1.165) is 25.7 Å². The fraction of sp³-hybridized carbons (Fsp3) is 0.600. The molecule has 2 heterocycles. The average Bonchev–Trinajstić information content (AvgIpc) is 3.03. The van der Waals surface area contributed by atoms with E-state index in [2.05, 4.69) is 0 Å². The highest BCUT2D eigenvalue weighted by Crippen LogP contribution is 2.43. The van der Waals surface area contributed by atoms with Gasteiger partial charge in [0.25, 0.3) is 5.56 Å². The summed E-state index contributed by atoms with van der Waals surface area (Å²) in [6, 6.07) is 2.65. The summed E-state index contributed by atoms with van der Waals surface area (Å²) in [6.45, 7) is 0.446. The van der Waals surface area contributed by atoms with Crippen molar-refractivity contribution >= 4 is 5.97 Å². The molecular weight excluding hydrogens is 258 g/mol. The zero-order valence-electron chi connectivity index (χ0n) is 11.4. The first-order valence-electron chi connectivity index (χ1n) is 7.20. The van der Waals surface area contributed by atoms with Gasteiger partial charge < -0.3 is 14.4 Å². The highest BCUT2D eigenvalue weighted by atomic mass is 16.5. The van der Waals surface area contributed by atoms with E-state index in [1.54, 1.807) is 0 Å². The van der Waals surface area contributed by atoms with Crippen LogP contribution in [0.5, 0.6) is 0 Å². The van der Waals surface area contributed by atoms with Gasteiger partial charge in [-0.2, -0.15) is 0 Å². The lowest BCUT2D eigenvalue weighted by molar-refractivity contribution is -0.0421. The summed E-state index contributed by atoms with van der Waals surface area (Å²) in [7, 11) is 0. The van der Waals surface area contributed by atoms with E-state index >= 15 is 0 Å². The molecule has 0 aromatic carbocycles. The smallest absolute Gasteiger partial charge is 0.337 e. The molecule has 2 fully saturated rings. The molecule has 0 amide bonds. The van der Waals surface area contributed by atoms with E-state index in [4.69, 9.17) is 9.84 Å². The third-order valence-electron chi connectivity index (χ3n) is 4.48. The van der Waals surface area contributed by atoms with Crippen LogP contribution in [0, 0.1) is 0 Å². The van der Waals surface area contributed by atoms with E-state index < -0.39 is 5.97 Å². The van der Waals surface area contributed by atoms with Crippen LogP contribution >= 0.6 is 0 Å². The van der Waals surface area contributed by atoms with Crippen LogP contribution in [0.15, 0.2) is 23.1 Å². The van der Waals surface area contributed by atoms with E-state index in [9.17, 15) is 9.59 Å². The second-order valence-electron chi connectivity index (χ2n) is 5.88. The number of aromatic carboxylic acids is 1. The van der Waals surface area contributed by atoms with Gasteiger partial charge in [-0.3, -0.25) is 4.79 Å². The summed E-state index contributed by atoms with van der Waals surface area (Å²) in [5.41, 5.74) is 0.00253. The van der Waals surface area contributed by atoms with Gasteiger partial charge in [-0.15, -0.1) is 0 Å². The minimum absolute atomic E-state index is 0.0230. The molecule has 1 saturated heterocycles. The van der Waals surface area contributed by atoms with Crippen LogP contribution < -0.4 is 5.56 Å². The number of hydrogen-bond donors (Lipinski definition) is 1. The lowest BCUT2D eigenvalue weighted by atomic mass is 9.98. The molecule has 5 nitrogen and oxygen atoms in total. The number of carbonyl (C=O) groups is 1. The molecule has 1 aliphatic heterocycles. The second-order valence-corrected chi connectivity index (χ2v) is 5.88. The van der Waals surface area contributed by atoms with Gasteiger partial charge in [-0.05, 0) is 31.7 Å². The number of rotatable bonds is 3. The Morgan fingerprint density at radius 3 is 2.80 bits per heavy atom. The van der Waals surface area contributed by atoms with Crippen LogP contribution in [0.4, 0.5) is 0 Å². The van der Waals surface area contributed by atoms with Gasteiger partial charge in [0.1, 0.15) is 0 Å². The van der Waals surface area contributed by atoms with Crippen LogP contribution in [0.1, 0.15) is 48.9 Å². The van der Waals surface area contributed by atoms with E-state index in [0.29, 0.717) is 6.54 Å². The lowest BCUT2D eigenvalue weighted by Gasteiger charge is -2.24. The maximum Gasteiger partial charge on any atom is 0.337 e. The van der Waals surface area contributed by atoms with Crippen molar-refractivity contribution in [3.63, 3.8) is 0 Å². The minimum atomic E-state index is -1.02. The number of carboxylic acid groups (broad SMARTS) is 1. The van der Waals surface area contributed by atoms with Crippen molar-refractivity contribution < 1.29 is 14.6 Å². The largest absolute Gasteiger partial charge is 0.478 e. The van der Waals surface area contributed by atoms with Crippen LogP contribution in [0.25, 0.3) is 0 Å². The van der Waals surface area contributed by atoms with Gasteiger partial charge in [0.05, 0.1) is 23.8 Å². The van der Waals surface area contributed by atoms with Gasteiger partial charge in [-0.1, -0.05) is 12.8 Å². The Labute approximate surface area is 117 Å². The van der Waals surface area contributed by atoms with Crippen LogP contribution in [0.2, 0.25) is 0 Å². The first kappa shape index (κ1) is 13.4. The predicted octanol–water partition coefficient (Wildman–Crippen LogP) is 2.04. The minimum Gasteiger partial charge on any atom is -0.478 e. The van der Waals surface area contributed by atoms with E-state index in [1.165, 1.54) is 35.7 Å². The van der Waals surface area contributed by atoms with Gasteiger partial charge in [0, 0.05) is 12.3 Å². The molecule has 2 aliphatic rings. The number of ether oxygens (including phenoxy) is 1. The number of aromatic nitrogens is 1. The molecular formula is C15H19NO4. The SMILES string of the molecule is O=C(O)c1ccc(=O)n(CC2CCC3(CCCC3)O2)c1. The third kappa shape index (κ3) is 2.50. The highest BCUT2D eigenvalue weighted by molar-refractivity contribution is 5.87. The van der Waals surface area contributed by atoms with E-state index in [1.807, 2.05) is 0 Å².